The third-order valence-electron chi connectivity index (χ3n) is 2.97. The van der Waals surface area contributed by atoms with E-state index in [0.29, 0.717) is 12.2 Å². The van der Waals surface area contributed by atoms with Gasteiger partial charge < -0.3 is 16.2 Å². The lowest BCUT2D eigenvalue weighted by Gasteiger charge is -2.30. The SMILES string of the molecule is COC1=CC(N=Nc2ccccc2)=C(C)CC1(N)N. The van der Waals surface area contributed by atoms with Gasteiger partial charge >= 0.3 is 0 Å². The Kier molecular flexibility index (Phi) is 3.78. The van der Waals surface area contributed by atoms with E-state index in [0.717, 1.165) is 17.0 Å². The molecule has 0 spiro atoms. The quantitative estimate of drug-likeness (QED) is 0.645. The zero-order valence-corrected chi connectivity index (χ0v) is 11.1. The van der Waals surface area contributed by atoms with Gasteiger partial charge in [0.1, 0.15) is 11.4 Å². The Balaban J connectivity index is 2.26. The number of methoxy groups -OCH3 is 1. The second-order valence-corrected chi connectivity index (χ2v) is 4.63. The van der Waals surface area contributed by atoms with Crippen LogP contribution in [0.25, 0.3) is 0 Å². The summed E-state index contributed by atoms with van der Waals surface area (Å²) in [6.07, 6.45) is 2.24. The van der Waals surface area contributed by atoms with E-state index < -0.39 is 5.66 Å². The minimum atomic E-state index is -0.968. The summed E-state index contributed by atoms with van der Waals surface area (Å²) in [5, 5.41) is 8.42. The molecule has 1 aromatic carbocycles. The van der Waals surface area contributed by atoms with Crippen molar-refractivity contribution < 1.29 is 4.74 Å². The maximum absolute atomic E-state index is 5.97. The van der Waals surface area contributed by atoms with Crippen LogP contribution in [0.4, 0.5) is 5.69 Å². The van der Waals surface area contributed by atoms with Gasteiger partial charge in [0.25, 0.3) is 0 Å². The summed E-state index contributed by atoms with van der Waals surface area (Å²) in [7, 11) is 1.55. The summed E-state index contributed by atoms with van der Waals surface area (Å²) < 4.78 is 5.21. The largest absolute Gasteiger partial charge is 0.498 e. The molecule has 4 N–H and O–H groups in total. The van der Waals surface area contributed by atoms with Crippen LogP contribution in [-0.4, -0.2) is 12.8 Å². The molecule has 0 aliphatic heterocycles. The summed E-state index contributed by atoms with van der Waals surface area (Å²) in [4.78, 5) is 0. The predicted octanol–water partition coefficient (Wildman–Crippen LogP) is 2.59. The van der Waals surface area contributed by atoms with E-state index in [1.807, 2.05) is 37.3 Å². The number of nitrogens with zero attached hydrogens (tertiary/aromatic N) is 2. The number of allylic oxidation sites excluding steroid dienone is 1. The van der Waals surface area contributed by atoms with E-state index in [9.17, 15) is 0 Å². The van der Waals surface area contributed by atoms with Crippen LogP contribution >= 0.6 is 0 Å². The first-order valence-electron chi connectivity index (χ1n) is 6.03. The highest BCUT2D eigenvalue weighted by Gasteiger charge is 2.31. The smallest absolute Gasteiger partial charge is 0.132 e. The molecule has 0 unspecified atom stereocenters. The van der Waals surface area contributed by atoms with E-state index >= 15 is 0 Å². The van der Waals surface area contributed by atoms with Crippen LogP contribution in [0.15, 0.2) is 63.7 Å². The molecule has 1 aromatic rings. The Morgan fingerprint density at radius 2 is 1.84 bits per heavy atom. The van der Waals surface area contributed by atoms with Crippen LogP contribution in [0.3, 0.4) is 0 Å². The summed E-state index contributed by atoms with van der Waals surface area (Å²) in [6, 6.07) is 9.54. The first-order chi connectivity index (χ1) is 9.03. The van der Waals surface area contributed by atoms with Crippen molar-refractivity contribution in [3.05, 3.63) is 53.4 Å². The van der Waals surface area contributed by atoms with Crippen molar-refractivity contribution in [1.29, 1.82) is 0 Å². The van der Waals surface area contributed by atoms with Crippen LogP contribution < -0.4 is 11.5 Å². The van der Waals surface area contributed by atoms with Gasteiger partial charge in [-0.1, -0.05) is 18.2 Å². The fourth-order valence-electron chi connectivity index (χ4n) is 1.97. The molecule has 0 atom stereocenters. The van der Waals surface area contributed by atoms with Gasteiger partial charge in [0.2, 0.25) is 0 Å². The summed E-state index contributed by atoms with van der Waals surface area (Å²) in [6.45, 7) is 1.94. The minimum Gasteiger partial charge on any atom is -0.498 e. The Morgan fingerprint density at radius 3 is 2.47 bits per heavy atom. The summed E-state index contributed by atoms with van der Waals surface area (Å²) in [5.74, 6) is 0.514. The van der Waals surface area contributed by atoms with E-state index in [1.165, 1.54) is 0 Å². The molecule has 19 heavy (non-hydrogen) atoms. The maximum Gasteiger partial charge on any atom is 0.132 e. The highest BCUT2D eigenvalue weighted by Crippen LogP contribution is 2.29. The molecule has 0 saturated heterocycles. The highest BCUT2D eigenvalue weighted by molar-refractivity contribution is 5.38. The van der Waals surface area contributed by atoms with Crippen LogP contribution in [0, 0.1) is 0 Å². The van der Waals surface area contributed by atoms with Crippen LogP contribution in [0.2, 0.25) is 0 Å². The van der Waals surface area contributed by atoms with Gasteiger partial charge in [0.05, 0.1) is 18.5 Å². The fourth-order valence-corrected chi connectivity index (χ4v) is 1.97. The van der Waals surface area contributed by atoms with E-state index in [-0.39, 0.29) is 0 Å². The Hall–Kier alpha value is -1.98. The third-order valence-corrected chi connectivity index (χ3v) is 2.97. The molecule has 0 aromatic heterocycles. The first-order valence-corrected chi connectivity index (χ1v) is 6.03. The van der Waals surface area contributed by atoms with Gasteiger partial charge in [0, 0.05) is 12.5 Å². The van der Waals surface area contributed by atoms with Crippen molar-refractivity contribution in [2.75, 3.05) is 7.11 Å². The second kappa shape index (κ2) is 5.34. The highest BCUT2D eigenvalue weighted by atomic mass is 16.5. The molecule has 0 amide bonds. The number of nitrogens with two attached hydrogens (primary N) is 2. The minimum absolute atomic E-state index is 0.496. The second-order valence-electron chi connectivity index (χ2n) is 4.63. The monoisotopic (exact) mass is 258 g/mol. The lowest BCUT2D eigenvalue weighted by atomic mass is 9.93. The van der Waals surface area contributed by atoms with Gasteiger partial charge in [-0.25, -0.2) is 0 Å². The number of hydrogen-bond donors (Lipinski definition) is 2. The van der Waals surface area contributed by atoms with Crippen molar-refractivity contribution in [1.82, 2.24) is 0 Å². The van der Waals surface area contributed by atoms with Crippen molar-refractivity contribution in [3.8, 4) is 0 Å². The molecule has 0 heterocycles. The Bertz CT molecular complexity index is 544. The van der Waals surface area contributed by atoms with Gasteiger partial charge in [-0.05, 0) is 24.6 Å². The predicted molar refractivity (Wildman–Crippen MR) is 74.5 cm³/mol. The molecule has 0 fully saturated rings. The molecular formula is C14H18N4O. The average Bonchev–Trinajstić information content (AvgIpc) is 2.38. The molecule has 0 radical (unpaired) electrons. The third kappa shape index (κ3) is 3.07. The van der Waals surface area contributed by atoms with Crippen molar-refractivity contribution in [2.45, 2.75) is 19.0 Å². The van der Waals surface area contributed by atoms with Gasteiger partial charge in [-0.2, -0.15) is 10.2 Å². The van der Waals surface area contributed by atoms with Crippen LogP contribution in [0.1, 0.15) is 13.3 Å². The number of benzene rings is 1. The van der Waals surface area contributed by atoms with Crippen molar-refractivity contribution in [2.24, 2.45) is 21.7 Å². The molecule has 5 heteroatoms. The van der Waals surface area contributed by atoms with Gasteiger partial charge in [-0.3, -0.25) is 0 Å². The molecule has 100 valence electrons. The summed E-state index contributed by atoms with van der Waals surface area (Å²) in [5.41, 5.74) is 13.5. The van der Waals surface area contributed by atoms with E-state index in [2.05, 4.69) is 10.2 Å². The van der Waals surface area contributed by atoms with E-state index in [1.54, 1.807) is 13.2 Å². The van der Waals surface area contributed by atoms with E-state index in [4.69, 9.17) is 16.2 Å². The first kappa shape index (κ1) is 13.5. The Morgan fingerprint density at radius 1 is 1.16 bits per heavy atom. The number of rotatable bonds is 3. The molecule has 2 rings (SSSR count). The number of ether oxygens (including phenoxy) is 1. The maximum atomic E-state index is 5.97. The Labute approximate surface area is 112 Å². The zero-order chi connectivity index (χ0) is 13.9. The number of hydrogen-bond acceptors (Lipinski definition) is 5. The van der Waals surface area contributed by atoms with Crippen LogP contribution in [0.5, 0.6) is 0 Å². The van der Waals surface area contributed by atoms with Crippen molar-refractivity contribution in [3.63, 3.8) is 0 Å². The van der Waals surface area contributed by atoms with Crippen molar-refractivity contribution >= 4 is 5.69 Å². The molecule has 1 aliphatic carbocycles. The lowest BCUT2D eigenvalue weighted by molar-refractivity contribution is 0.218. The molecule has 0 saturated carbocycles. The van der Waals surface area contributed by atoms with Gasteiger partial charge in [-0.15, -0.1) is 0 Å². The zero-order valence-electron chi connectivity index (χ0n) is 11.1. The molecular weight excluding hydrogens is 240 g/mol. The summed E-state index contributed by atoms with van der Waals surface area (Å²) >= 11 is 0. The molecule has 1 aliphatic rings. The normalized spacial score (nSPS) is 18.6. The molecule has 0 bridgehead atoms. The van der Waals surface area contributed by atoms with Gasteiger partial charge in [0.15, 0.2) is 0 Å². The lowest BCUT2D eigenvalue weighted by Crippen LogP contribution is -2.52. The molecule has 5 nitrogen and oxygen atoms in total. The van der Waals surface area contributed by atoms with Crippen LogP contribution in [-0.2, 0) is 4.74 Å². The standard InChI is InChI=1S/C14H18N4O/c1-10-9-14(15,16)13(19-2)8-12(10)18-17-11-6-4-3-5-7-11/h3-8H,9,15-16H2,1-2H3. The topological polar surface area (TPSA) is 86.0 Å². The number of azo groups is 1. The average molecular weight is 258 g/mol. The fraction of sp³-hybridized carbons (Fsp3) is 0.286.